The largest absolute Gasteiger partial charge is 0.455 e. The average Bonchev–Trinajstić information content (AvgIpc) is 3.71. The van der Waals surface area contributed by atoms with E-state index in [1.165, 1.54) is 54.9 Å². The summed E-state index contributed by atoms with van der Waals surface area (Å²) >= 11 is 0. The SMILES string of the molecule is CNC(=O)c1c(-c2ccc(F)cc2)oc2cc(N(Cc3cc(F)cc(COCOC)c3)S(C)(=O)=O)c(C3CC3)cc12. The first-order valence-electron chi connectivity index (χ1n) is 13.0. The van der Waals surface area contributed by atoms with Crippen LogP contribution in [0.4, 0.5) is 14.5 Å². The Morgan fingerprint density at radius 2 is 1.76 bits per heavy atom. The zero-order valence-electron chi connectivity index (χ0n) is 22.9. The second-order valence-electron chi connectivity index (χ2n) is 10.1. The van der Waals surface area contributed by atoms with Gasteiger partial charge in [-0.2, -0.15) is 0 Å². The van der Waals surface area contributed by atoms with Crippen molar-refractivity contribution in [1.29, 1.82) is 0 Å². The smallest absolute Gasteiger partial charge is 0.255 e. The number of nitrogens with zero attached hydrogens (tertiary/aromatic N) is 1. The third-order valence-electron chi connectivity index (χ3n) is 6.90. The molecule has 216 valence electrons. The number of fused-ring (bicyclic) bond motifs is 1. The average molecular weight is 585 g/mol. The summed E-state index contributed by atoms with van der Waals surface area (Å²) in [4.78, 5) is 13.0. The van der Waals surface area contributed by atoms with Crippen molar-refractivity contribution in [1.82, 2.24) is 5.32 Å². The Balaban J connectivity index is 1.64. The Morgan fingerprint density at radius 1 is 1.05 bits per heavy atom. The van der Waals surface area contributed by atoms with Gasteiger partial charge < -0.3 is 19.2 Å². The first kappa shape index (κ1) is 28.7. The number of furan rings is 1. The number of sulfonamides is 1. The van der Waals surface area contributed by atoms with Crippen molar-refractivity contribution >= 4 is 32.6 Å². The van der Waals surface area contributed by atoms with Crippen molar-refractivity contribution in [3.05, 3.63) is 88.5 Å². The molecule has 0 radical (unpaired) electrons. The normalized spacial score (nSPS) is 13.5. The summed E-state index contributed by atoms with van der Waals surface area (Å²) in [7, 11) is -0.858. The minimum Gasteiger partial charge on any atom is -0.455 e. The number of nitrogens with one attached hydrogen (secondary N) is 1. The Morgan fingerprint density at radius 3 is 2.39 bits per heavy atom. The van der Waals surface area contributed by atoms with Gasteiger partial charge in [0.25, 0.3) is 5.91 Å². The molecule has 0 atom stereocenters. The van der Waals surface area contributed by atoms with Crippen molar-refractivity contribution in [2.24, 2.45) is 0 Å². The fraction of sp³-hybridized carbons (Fsp3) is 0.300. The van der Waals surface area contributed by atoms with E-state index in [1.807, 2.05) is 0 Å². The molecule has 0 aliphatic heterocycles. The summed E-state index contributed by atoms with van der Waals surface area (Å²) in [6.45, 7) is -0.00229. The molecular formula is C30H30F2N2O6S. The fourth-order valence-electron chi connectivity index (χ4n) is 4.92. The first-order chi connectivity index (χ1) is 19.6. The predicted octanol–water partition coefficient (Wildman–Crippen LogP) is 5.70. The Labute approximate surface area is 236 Å². The van der Waals surface area contributed by atoms with Gasteiger partial charge in [-0.05, 0) is 77.9 Å². The van der Waals surface area contributed by atoms with E-state index in [9.17, 15) is 22.0 Å². The van der Waals surface area contributed by atoms with E-state index in [0.29, 0.717) is 33.3 Å². The van der Waals surface area contributed by atoms with E-state index in [2.05, 4.69) is 5.32 Å². The van der Waals surface area contributed by atoms with Crippen molar-refractivity contribution in [2.75, 3.05) is 31.5 Å². The van der Waals surface area contributed by atoms with Crippen molar-refractivity contribution < 1.29 is 35.9 Å². The number of hydrogen-bond acceptors (Lipinski definition) is 6. The molecular weight excluding hydrogens is 554 g/mol. The lowest BCUT2D eigenvalue weighted by atomic mass is 10.00. The number of methoxy groups -OCH3 is 1. The van der Waals surface area contributed by atoms with Gasteiger partial charge in [-0.1, -0.05) is 6.07 Å². The van der Waals surface area contributed by atoms with E-state index in [0.717, 1.165) is 24.7 Å². The molecule has 0 unspecified atom stereocenters. The van der Waals surface area contributed by atoms with Gasteiger partial charge in [-0.3, -0.25) is 9.10 Å². The van der Waals surface area contributed by atoms with Crippen molar-refractivity contribution in [2.45, 2.75) is 31.9 Å². The zero-order chi connectivity index (χ0) is 29.3. The van der Waals surface area contributed by atoms with Crippen LogP contribution in [0.5, 0.6) is 0 Å². The van der Waals surface area contributed by atoms with Crippen LogP contribution in [0.3, 0.4) is 0 Å². The summed E-state index contributed by atoms with van der Waals surface area (Å²) in [6, 6.07) is 13.3. The highest BCUT2D eigenvalue weighted by Crippen LogP contribution is 2.48. The molecule has 1 aliphatic rings. The number of ether oxygens (including phenoxy) is 2. The molecule has 1 fully saturated rings. The Bertz CT molecular complexity index is 1700. The molecule has 3 aromatic carbocycles. The van der Waals surface area contributed by atoms with Gasteiger partial charge in [0.1, 0.15) is 29.8 Å². The maximum absolute atomic E-state index is 14.5. The summed E-state index contributed by atoms with van der Waals surface area (Å²) < 4.78 is 72.1. The summed E-state index contributed by atoms with van der Waals surface area (Å²) in [5.41, 5.74) is 3.19. The van der Waals surface area contributed by atoms with E-state index in [1.54, 1.807) is 18.2 Å². The molecule has 1 saturated carbocycles. The lowest BCUT2D eigenvalue weighted by Gasteiger charge is -2.25. The lowest BCUT2D eigenvalue weighted by molar-refractivity contribution is -0.0391. The molecule has 8 nitrogen and oxygen atoms in total. The molecule has 0 spiro atoms. The highest BCUT2D eigenvalue weighted by molar-refractivity contribution is 7.92. The number of benzene rings is 3. The third-order valence-corrected chi connectivity index (χ3v) is 8.02. The molecule has 1 N–H and O–H groups in total. The number of carbonyl (C=O) groups is 1. The van der Waals surface area contributed by atoms with Gasteiger partial charge in [0.05, 0.1) is 30.7 Å². The van der Waals surface area contributed by atoms with Gasteiger partial charge in [-0.25, -0.2) is 17.2 Å². The Hall–Kier alpha value is -3.80. The van der Waals surface area contributed by atoms with E-state index < -0.39 is 21.7 Å². The van der Waals surface area contributed by atoms with Crippen LogP contribution in [-0.4, -0.2) is 41.5 Å². The number of halogens is 2. The second kappa shape index (κ2) is 11.6. The third kappa shape index (κ3) is 6.27. The highest BCUT2D eigenvalue weighted by atomic mass is 32.2. The Kier molecular flexibility index (Phi) is 8.12. The quantitative estimate of drug-likeness (QED) is 0.179. The lowest BCUT2D eigenvalue weighted by Crippen LogP contribution is -2.30. The van der Waals surface area contributed by atoms with E-state index >= 15 is 0 Å². The number of hydrogen-bond donors (Lipinski definition) is 1. The van der Waals surface area contributed by atoms with Gasteiger partial charge in [0.2, 0.25) is 10.0 Å². The molecule has 11 heteroatoms. The van der Waals surface area contributed by atoms with Crippen LogP contribution in [0.15, 0.2) is 59.0 Å². The minimum atomic E-state index is -3.84. The summed E-state index contributed by atoms with van der Waals surface area (Å²) in [6.07, 6.45) is 2.81. The zero-order valence-corrected chi connectivity index (χ0v) is 23.7. The van der Waals surface area contributed by atoms with Crippen LogP contribution in [0.1, 0.15) is 45.8 Å². The molecule has 1 heterocycles. The van der Waals surface area contributed by atoms with Crippen molar-refractivity contribution in [3.8, 4) is 11.3 Å². The minimum absolute atomic E-state index is 0.0349. The highest BCUT2D eigenvalue weighted by Gasteiger charge is 2.33. The molecule has 5 rings (SSSR count). The van der Waals surface area contributed by atoms with Crippen LogP contribution in [0.25, 0.3) is 22.3 Å². The molecule has 4 aromatic rings. The van der Waals surface area contributed by atoms with Crippen LogP contribution >= 0.6 is 0 Å². The molecule has 0 saturated heterocycles. The number of carbonyl (C=O) groups excluding carboxylic acids is 1. The van der Waals surface area contributed by atoms with Crippen LogP contribution < -0.4 is 9.62 Å². The number of rotatable bonds is 11. The van der Waals surface area contributed by atoms with Crippen LogP contribution in [-0.2, 0) is 32.6 Å². The number of anilines is 1. The van der Waals surface area contributed by atoms with Gasteiger partial charge in [0, 0.05) is 31.2 Å². The standard InChI is InChI=1S/C30H30F2N2O6S/c1-33-30(35)28-25-13-24(20-4-5-20)26(14-27(25)40-29(28)21-6-8-22(31)9-7-21)34(41(3,36)37)15-18-10-19(12-23(32)11-18)16-39-17-38-2/h6-14,20H,4-5,15-17H2,1-3H3,(H,33,35). The first-order valence-corrected chi connectivity index (χ1v) is 14.8. The maximum Gasteiger partial charge on any atom is 0.255 e. The molecule has 1 aliphatic carbocycles. The molecule has 1 aromatic heterocycles. The fourth-order valence-corrected chi connectivity index (χ4v) is 5.82. The van der Waals surface area contributed by atoms with E-state index in [-0.39, 0.29) is 43.1 Å². The molecule has 41 heavy (non-hydrogen) atoms. The molecule has 1 amide bonds. The second-order valence-corrected chi connectivity index (χ2v) is 12.0. The van der Waals surface area contributed by atoms with Crippen molar-refractivity contribution in [3.63, 3.8) is 0 Å². The topological polar surface area (TPSA) is 98.1 Å². The summed E-state index contributed by atoms with van der Waals surface area (Å²) in [5.74, 6) is -1.00. The van der Waals surface area contributed by atoms with Crippen LogP contribution in [0, 0.1) is 11.6 Å². The maximum atomic E-state index is 14.5. The van der Waals surface area contributed by atoms with Gasteiger partial charge >= 0.3 is 0 Å². The monoisotopic (exact) mass is 584 g/mol. The van der Waals surface area contributed by atoms with Crippen LogP contribution in [0.2, 0.25) is 0 Å². The van der Waals surface area contributed by atoms with Gasteiger partial charge in [0.15, 0.2) is 0 Å². The summed E-state index contributed by atoms with van der Waals surface area (Å²) in [5, 5.41) is 3.16. The predicted molar refractivity (Wildman–Crippen MR) is 151 cm³/mol. The molecule has 0 bridgehead atoms. The number of amides is 1. The van der Waals surface area contributed by atoms with E-state index in [4.69, 9.17) is 13.9 Å². The van der Waals surface area contributed by atoms with Gasteiger partial charge in [-0.15, -0.1) is 0 Å².